The largest absolute Gasteiger partial charge is 0.422 e. The lowest BCUT2D eigenvalue weighted by Gasteiger charge is -2.10. The third kappa shape index (κ3) is 4.23. The Labute approximate surface area is 172 Å². The first-order chi connectivity index (χ1) is 14.0. The third-order valence-corrected chi connectivity index (χ3v) is 4.97. The van der Waals surface area contributed by atoms with Gasteiger partial charge >= 0.3 is 5.63 Å². The molecule has 0 fully saturated rings. The molecule has 3 aromatic carbocycles. The van der Waals surface area contributed by atoms with Gasteiger partial charge in [-0.2, -0.15) is 0 Å². The zero-order valence-electron chi connectivity index (χ0n) is 15.7. The van der Waals surface area contributed by atoms with Crippen LogP contribution in [0.5, 0.6) is 0 Å². The van der Waals surface area contributed by atoms with Crippen molar-refractivity contribution in [2.24, 2.45) is 0 Å². The van der Waals surface area contributed by atoms with Gasteiger partial charge in [0.15, 0.2) is 0 Å². The van der Waals surface area contributed by atoms with E-state index in [1.807, 2.05) is 55.5 Å². The molecule has 0 aliphatic heterocycles. The number of benzene rings is 3. The molecular weight excluding hydrogens is 386 g/mol. The minimum absolute atomic E-state index is 0.121. The number of halogens is 1. The van der Waals surface area contributed by atoms with Crippen molar-refractivity contribution in [1.82, 2.24) is 0 Å². The van der Waals surface area contributed by atoms with Crippen LogP contribution in [0.4, 0.5) is 5.69 Å². The predicted octanol–water partition coefficient (Wildman–Crippen LogP) is 5.60. The maximum atomic E-state index is 12.4. The van der Waals surface area contributed by atoms with Crippen LogP contribution >= 0.6 is 11.6 Å². The van der Waals surface area contributed by atoms with Crippen LogP contribution in [-0.4, -0.2) is 5.91 Å². The fraction of sp³-hybridized carbons (Fsp3) is 0.0833. The first kappa shape index (κ1) is 19.0. The molecular formula is C24H18ClNO3. The summed E-state index contributed by atoms with van der Waals surface area (Å²) < 4.78 is 5.44. The Hall–Kier alpha value is -3.37. The number of para-hydroxylation sites is 1. The normalized spacial score (nSPS) is 10.8. The quantitative estimate of drug-likeness (QED) is 0.451. The molecule has 4 nitrogen and oxygen atoms in total. The van der Waals surface area contributed by atoms with E-state index in [1.54, 1.807) is 24.3 Å². The van der Waals surface area contributed by atoms with Crippen LogP contribution in [0.1, 0.15) is 11.1 Å². The van der Waals surface area contributed by atoms with Gasteiger partial charge in [-0.1, -0.05) is 48.0 Å². The van der Waals surface area contributed by atoms with Crippen molar-refractivity contribution in [2.75, 3.05) is 5.32 Å². The number of hydrogen-bond acceptors (Lipinski definition) is 3. The summed E-state index contributed by atoms with van der Waals surface area (Å²) in [6.45, 7) is 1.90. The second kappa shape index (κ2) is 7.94. The van der Waals surface area contributed by atoms with Crippen LogP contribution in [-0.2, 0) is 11.2 Å². The van der Waals surface area contributed by atoms with Crippen molar-refractivity contribution in [2.45, 2.75) is 13.3 Å². The summed E-state index contributed by atoms with van der Waals surface area (Å²) in [5, 5.41) is 4.40. The Bertz CT molecular complexity index is 1260. The Balaban J connectivity index is 1.56. The standard InChI is InChI=1S/C24H18ClNO3/c1-15-12-19(26-23(27)13-16-6-8-18(25)9-7-16)10-11-20(15)21-14-17-4-2-3-5-22(17)29-24(21)28/h2-12,14H,13H2,1H3,(H,26,27). The van der Waals surface area contributed by atoms with E-state index in [1.165, 1.54) is 0 Å². The molecule has 0 aliphatic rings. The van der Waals surface area contributed by atoms with Crippen molar-refractivity contribution in [3.8, 4) is 11.1 Å². The van der Waals surface area contributed by atoms with Crippen LogP contribution in [0.15, 0.2) is 82.0 Å². The monoisotopic (exact) mass is 403 g/mol. The van der Waals surface area contributed by atoms with Gasteiger partial charge in [-0.25, -0.2) is 4.79 Å². The van der Waals surface area contributed by atoms with E-state index in [9.17, 15) is 9.59 Å². The number of hydrogen-bond donors (Lipinski definition) is 1. The molecule has 0 saturated heterocycles. The highest BCUT2D eigenvalue weighted by Crippen LogP contribution is 2.26. The number of aryl methyl sites for hydroxylation is 1. The molecule has 1 heterocycles. The molecule has 1 N–H and O–H groups in total. The third-order valence-electron chi connectivity index (χ3n) is 4.72. The van der Waals surface area contributed by atoms with E-state index < -0.39 is 0 Å². The lowest BCUT2D eigenvalue weighted by molar-refractivity contribution is -0.115. The first-order valence-corrected chi connectivity index (χ1v) is 9.55. The molecule has 0 bridgehead atoms. The number of carbonyl (C=O) groups excluding carboxylic acids is 1. The van der Waals surface area contributed by atoms with Gasteiger partial charge in [-0.15, -0.1) is 0 Å². The predicted molar refractivity (Wildman–Crippen MR) is 116 cm³/mol. The maximum Gasteiger partial charge on any atom is 0.344 e. The van der Waals surface area contributed by atoms with Crippen molar-refractivity contribution in [3.63, 3.8) is 0 Å². The van der Waals surface area contributed by atoms with E-state index in [2.05, 4.69) is 5.32 Å². The van der Waals surface area contributed by atoms with Gasteiger partial charge in [0, 0.05) is 16.1 Å². The Kier molecular flexibility index (Phi) is 5.19. The maximum absolute atomic E-state index is 12.4. The molecule has 0 aliphatic carbocycles. The highest BCUT2D eigenvalue weighted by Gasteiger charge is 2.12. The summed E-state index contributed by atoms with van der Waals surface area (Å²) in [5.41, 5.74) is 3.89. The number of nitrogens with one attached hydrogen (secondary N) is 1. The highest BCUT2D eigenvalue weighted by atomic mass is 35.5. The minimum Gasteiger partial charge on any atom is -0.422 e. The molecule has 0 radical (unpaired) electrons. The Morgan fingerprint density at radius 1 is 0.966 bits per heavy atom. The molecule has 5 heteroatoms. The summed E-state index contributed by atoms with van der Waals surface area (Å²) in [6.07, 6.45) is 0.256. The van der Waals surface area contributed by atoms with E-state index in [4.69, 9.17) is 16.0 Å². The SMILES string of the molecule is Cc1cc(NC(=O)Cc2ccc(Cl)cc2)ccc1-c1cc2ccccc2oc1=O. The van der Waals surface area contributed by atoms with Gasteiger partial charge in [-0.3, -0.25) is 4.79 Å². The van der Waals surface area contributed by atoms with Crippen LogP contribution in [0.25, 0.3) is 22.1 Å². The number of fused-ring (bicyclic) bond motifs is 1. The van der Waals surface area contributed by atoms with Crippen LogP contribution in [0.3, 0.4) is 0 Å². The summed E-state index contributed by atoms with van der Waals surface area (Å²) in [5.74, 6) is -0.121. The van der Waals surface area contributed by atoms with Crippen molar-refractivity contribution >= 4 is 34.2 Å². The fourth-order valence-electron chi connectivity index (χ4n) is 3.29. The fourth-order valence-corrected chi connectivity index (χ4v) is 3.41. The van der Waals surface area contributed by atoms with Gasteiger partial charge in [0.2, 0.25) is 5.91 Å². The zero-order chi connectivity index (χ0) is 20.4. The average Bonchev–Trinajstić information content (AvgIpc) is 2.70. The molecule has 1 amide bonds. The van der Waals surface area contributed by atoms with Gasteiger partial charge < -0.3 is 9.73 Å². The summed E-state index contributed by atoms with van der Waals surface area (Å²) in [7, 11) is 0. The molecule has 4 rings (SSSR count). The van der Waals surface area contributed by atoms with Crippen molar-refractivity contribution in [3.05, 3.63) is 99.4 Å². The van der Waals surface area contributed by atoms with E-state index >= 15 is 0 Å². The summed E-state index contributed by atoms with van der Waals surface area (Å²) >= 11 is 5.87. The molecule has 0 atom stereocenters. The topological polar surface area (TPSA) is 59.3 Å². The summed E-state index contributed by atoms with van der Waals surface area (Å²) in [6, 6.07) is 21.9. The zero-order valence-corrected chi connectivity index (χ0v) is 16.5. The number of rotatable bonds is 4. The second-order valence-corrected chi connectivity index (χ2v) is 7.30. The number of amides is 1. The van der Waals surface area contributed by atoms with Gasteiger partial charge in [0.05, 0.1) is 12.0 Å². The molecule has 0 spiro atoms. The second-order valence-electron chi connectivity index (χ2n) is 6.87. The van der Waals surface area contributed by atoms with Crippen LogP contribution in [0, 0.1) is 6.92 Å². The van der Waals surface area contributed by atoms with Crippen molar-refractivity contribution < 1.29 is 9.21 Å². The Morgan fingerprint density at radius 2 is 1.72 bits per heavy atom. The summed E-state index contributed by atoms with van der Waals surface area (Å²) in [4.78, 5) is 24.8. The van der Waals surface area contributed by atoms with Gasteiger partial charge in [-0.05, 0) is 60.0 Å². The molecule has 0 saturated carbocycles. The van der Waals surface area contributed by atoms with Gasteiger partial charge in [0.1, 0.15) is 5.58 Å². The van der Waals surface area contributed by atoms with E-state index in [0.29, 0.717) is 21.9 Å². The lowest BCUT2D eigenvalue weighted by atomic mass is 10.0. The van der Waals surface area contributed by atoms with E-state index in [-0.39, 0.29) is 18.0 Å². The van der Waals surface area contributed by atoms with Crippen molar-refractivity contribution in [1.29, 1.82) is 0 Å². The Morgan fingerprint density at radius 3 is 2.48 bits per heavy atom. The lowest BCUT2D eigenvalue weighted by Crippen LogP contribution is -2.14. The molecule has 0 unspecified atom stereocenters. The average molecular weight is 404 g/mol. The first-order valence-electron chi connectivity index (χ1n) is 9.18. The smallest absolute Gasteiger partial charge is 0.344 e. The molecule has 4 aromatic rings. The molecule has 1 aromatic heterocycles. The molecule has 29 heavy (non-hydrogen) atoms. The van der Waals surface area contributed by atoms with Crippen LogP contribution in [0.2, 0.25) is 5.02 Å². The highest BCUT2D eigenvalue weighted by molar-refractivity contribution is 6.30. The number of carbonyl (C=O) groups is 1. The molecule has 144 valence electrons. The van der Waals surface area contributed by atoms with Gasteiger partial charge in [0.25, 0.3) is 0 Å². The van der Waals surface area contributed by atoms with E-state index in [0.717, 1.165) is 22.1 Å². The number of anilines is 1. The van der Waals surface area contributed by atoms with Crippen LogP contribution < -0.4 is 10.9 Å². The minimum atomic E-state index is -0.383.